The van der Waals surface area contributed by atoms with Crippen LogP contribution in [0.15, 0.2) is 4.47 Å². The van der Waals surface area contributed by atoms with Gasteiger partial charge < -0.3 is 10.1 Å². The van der Waals surface area contributed by atoms with Gasteiger partial charge in [0, 0.05) is 10.5 Å². The molecule has 3 heteroatoms. The predicted molar refractivity (Wildman–Crippen MR) is 84.3 cm³/mol. The van der Waals surface area contributed by atoms with Crippen LogP contribution in [-0.4, -0.2) is 19.7 Å². The molecule has 1 unspecified atom stereocenters. The third-order valence-corrected chi connectivity index (χ3v) is 5.59. The average molecular weight is 326 g/mol. The Morgan fingerprint density at radius 1 is 1.21 bits per heavy atom. The lowest BCUT2D eigenvalue weighted by Gasteiger charge is -2.20. The van der Waals surface area contributed by atoms with E-state index < -0.39 is 0 Å². The molecule has 1 fully saturated rings. The molecule has 1 aliphatic rings. The van der Waals surface area contributed by atoms with Crippen LogP contribution >= 0.6 is 15.9 Å². The number of hydrogen-bond donors (Lipinski definition) is 1. The summed E-state index contributed by atoms with van der Waals surface area (Å²) >= 11 is 3.73. The molecule has 1 saturated heterocycles. The molecule has 106 valence electrons. The van der Waals surface area contributed by atoms with Crippen LogP contribution in [0, 0.1) is 20.8 Å². The van der Waals surface area contributed by atoms with Crippen molar-refractivity contribution in [3.8, 4) is 5.75 Å². The molecule has 1 N–H and O–H groups in total. The average Bonchev–Trinajstić information content (AvgIpc) is 2.92. The van der Waals surface area contributed by atoms with Crippen molar-refractivity contribution in [1.82, 2.24) is 5.32 Å². The summed E-state index contributed by atoms with van der Waals surface area (Å²) in [5.41, 5.74) is 5.25. The Hall–Kier alpha value is -0.540. The van der Waals surface area contributed by atoms with E-state index in [1.165, 1.54) is 52.5 Å². The Morgan fingerprint density at radius 3 is 2.53 bits per heavy atom. The summed E-state index contributed by atoms with van der Waals surface area (Å²) in [6, 6.07) is 0.685. The Bertz CT molecular complexity index is 465. The van der Waals surface area contributed by atoms with Gasteiger partial charge in [-0.25, -0.2) is 0 Å². The molecule has 19 heavy (non-hydrogen) atoms. The van der Waals surface area contributed by atoms with E-state index in [2.05, 4.69) is 42.0 Å². The number of halogens is 1. The van der Waals surface area contributed by atoms with E-state index in [1.54, 1.807) is 7.11 Å². The third-order valence-electron chi connectivity index (χ3n) is 4.40. The van der Waals surface area contributed by atoms with Gasteiger partial charge in [0.15, 0.2) is 0 Å². The summed E-state index contributed by atoms with van der Waals surface area (Å²) in [6.07, 6.45) is 4.92. The van der Waals surface area contributed by atoms with Crippen LogP contribution in [0.5, 0.6) is 5.75 Å². The molecule has 0 aromatic heterocycles. The summed E-state index contributed by atoms with van der Waals surface area (Å²) in [7, 11) is 1.78. The molecular weight excluding hydrogens is 302 g/mol. The summed E-state index contributed by atoms with van der Waals surface area (Å²) in [5, 5.41) is 3.57. The highest BCUT2D eigenvalue weighted by Crippen LogP contribution is 2.37. The minimum Gasteiger partial charge on any atom is -0.496 e. The Labute approximate surface area is 125 Å². The Balaban J connectivity index is 2.27. The molecule has 2 nitrogen and oxygen atoms in total. The first-order valence-electron chi connectivity index (χ1n) is 7.11. The highest BCUT2D eigenvalue weighted by atomic mass is 79.9. The first-order valence-corrected chi connectivity index (χ1v) is 7.91. The number of nitrogens with one attached hydrogen (secondary N) is 1. The van der Waals surface area contributed by atoms with Crippen molar-refractivity contribution in [2.45, 2.75) is 52.5 Å². The van der Waals surface area contributed by atoms with Crippen LogP contribution in [0.4, 0.5) is 0 Å². The number of hydrogen-bond acceptors (Lipinski definition) is 2. The fourth-order valence-electron chi connectivity index (χ4n) is 3.04. The zero-order valence-electron chi connectivity index (χ0n) is 12.4. The van der Waals surface area contributed by atoms with Crippen LogP contribution in [0.1, 0.15) is 41.5 Å². The molecule has 0 amide bonds. The van der Waals surface area contributed by atoms with E-state index in [0.717, 1.165) is 12.2 Å². The van der Waals surface area contributed by atoms with Gasteiger partial charge in [0.2, 0.25) is 0 Å². The van der Waals surface area contributed by atoms with Crippen LogP contribution in [0.2, 0.25) is 0 Å². The van der Waals surface area contributed by atoms with E-state index >= 15 is 0 Å². The zero-order valence-corrected chi connectivity index (χ0v) is 14.0. The molecular formula is C16H24BrNO. The normalized spacial score (nSPS) is 18.9. The molecule has 1 aromatic carbocycles. The lowest BCUT2D eigenvalue weighted by atomic mass is 9.94. The summed E-state index contributed by atoms with van der Waals surface area (Å²) in [6.45, 7) is 7.67. The number of methoxy groups -OCH3 is 1. The standard InChI is InChI=1S/C16H24BrNO/c1-10-11(2)16(19-4)14(12(3)15(10)17)8-7-13-6-5-9-18-13/h13,18H,5-9H2,1-4H3. The molecule has 0 aliphatic carbocycles. The van der Waals surface area contributed by atoms with Gasteiger partial charge in [0.1, 0.15) is 5.75 Å². The van der Waals surface area contributed by atoms with Gasteiger partial charge in [0.25, 0.3) is 0 Å². The highest BCUT2D eigenvalue weighted by Gasteiger charge is 2.19. The van der Waals surface area contributed by atoms with Crippen molar-refractivity contribution < 1.29 is 4.74 Å². The van der Waals surface area contributed by atoms with Crippen molar-refractivity contribution in [3.63, 3.8) is 0 Å². The van der Waals surface area contributed by atoms with Gasteiger partial charge in [0.05, 0.1) is 7.11 Å². The lowest BCUT2D eigenvalue weighted by Crippen LogP contribution is -2.22. The quantitative estimate of drug-likeness (QED) is 0.901. The van der Waals surface area contributed by atoms with Gasteiger partial charge in [-0.1, -0.05) is 15.9 Å². The molecule has 2 rings (SSSR count). The fraction of sp³-hybridized carbons (Fsp3) is 0.625. The fourth-order valence-corrected chi connectivity index (χ4v) is 3.58. The molecule has 0 spiro atoms. The molecule has 1 aliphatic heterocycles. The maximum Gasteiger partial charge on any atom is 0.125 e. The summed E-state index contributed by atoms with van der Waals surface area (Å²) in [5.74, 6) is 1.08. The molecule has 0 bridgehead atoms. The Morgan fingerprint density at radius 2 is 1.95 bits per heavy atom. The molecule has 1 heterocycles. The first-order chi connectivity index (χ1) is 9.06. The maximum atomic E-state index is 5.67. The van der Waals surface area contributed by atoms with Crippen LogP contribution < -0.4 is 10.1 Å². The zero-order chi connectivity index (χ0) is 14.0. The second-order valence-corrected chi connectivity index (χ2v) is 6.33. The molecule has 1 aromatic rings. The second-order valence-electron chi connectivity index (χ2n) is 5.53. The molecule has 0 saturated carbocycles. The largest absolute Gasteiger partial charge is 0.496 e. The maximum absolute atomic E-state index is 5.67. The lowest BCUT2D eigenvalue weighted by molar-refractivity contribution is 0.403. The van der Waals surface area contributed by atoms with Crippen molar-refractivity contribution in [3.05, 3.63) is 26.7 Å². The highest BCUT2D eigenvalue weighted by molar-refractivity contribution is 9.10. The molecule has 1 atom stereocenters. The van der Waals surface area contributed by atoms with Crippen molar-refractivity contribution >= 4 is 15.9 Å². The number of rotatable bonds is 4. The SMILES string of the molecule is COc1c(C)c(C)c(Br)c(C)c1CCC1CCCN1. The van der Waals surface area contributed by atoms with Gasteiger partial charge in [-0.15, -0.1) is 0 Å². The second kappa shape index (κ2) is 6.27. The van der Waals surface area contributed by atoms with E-state index in [1.807, 2.05) is 0 Å². The monoisotopic (exact) mass is 325 g/mol. The van der Waals surface area contributed by atoms with E-state index in [-0.39, 0.29) is 0 Å². The van der Waals surface area contributed by atoms with Crippen molar-refractivity contribution in [2.75, 3.05) is 13.7 Å². The third kappa shape index (κ3) is 2.97. The smallest absolute Gasteiger partial charge is 0.125 e. The topological polar surface area (TPSA) is 21.3 Å². The van der Waals surface area contributed by atoms with Gasteiger partial charge in [-0.2, -0.15) is 0 Å². The van der Waals surface area contributed by atoms with E-state index in [9.17, 15) is 0 Å². The van der Waals surface area contributed by atoms with Crippen LogP contribution in [0.3, 0.4) is 0 Å². The van der Waals surface area contributed by atoms with Crippen molar-refractivity contribution in [2.24, 2.45) is 0 Å². The van der Waals surface area contributed by atoms with Crippen LogP contribution in [-0.2, 0) is 6.42 Å². The van der Waals surface area contributed by atoms with Gasteiger partial charge >= 0.3 is 0 Å². The van der Waals surface area contributed by atoms with Gasteiger partial charge in [-0.3, -0.25) is 0 Å². The summed E-state index contributed by atoms with van der Waals surface area (Å²) in [4.78, 5) is 0. The van der Waals surface area contributed by atoms with Crippen molar-refractivity contribution in [1.29, 1.82) is 0 Å². The summed E-state index contributed by atoms with van der Waals surface area (Å²) < 4.78 is 6.90. The van der Waals surface area contributed by atoms with Crippen LogP contribution in [0.25, 0.3) is 0 Å². The van der Waals surface area contributed by atoms with E-state index in [4.69, 9.17) is 4.74 Å². The number of benzene rings is 1. The minimum absolute atomic E-state index is 0.685. The molecule has 0 radical (unpaired) electrons. The van der Waals surface area contributed by atoms with Gasteiger partial charge in [-0.05, 0) is 75.3 Å². The Kier molecular flexibility index (Phi) is 4.91. The first kappa shape index (κ1) is 14.9. The predicted octanol–water partition coefficient (Wildman–Crippen LogP) is 4.07. The minimum atomic E-state index is 0.685. The van der Waals surface area contributed by atoms with E-state index in [0.29, 0.717) is 6.04 Å². The number of ether oxygens (including phenoxy) is 1.